The maximum atomic E-state index is 14.5. The lowest BCUT2D eigenvalue weighted by Crippen LogP contribution is -2.32. The number of anilines is 1. The van der Waals surface area contributed by atoms with E-state index in [-0.39, 0.29) is 22.4 Å². The van der Waals surface area contributed by atoms with Crippen LogP contribution in [0.1, 0.15) is 17.5 Å². The van der Waals surface area contributed by atoms with Crippen LogP contribution in [0.25, 0.3) is 0 Å². The molecule has 0 amide bonds. The monoisotopic (exact) mass is 457 g/mol. The molecule has 0 unspecified atom stereocenters. The molecular formula is C19H19Cl2F2N5S. The molecule has 2 aromatic carbocycles. The van der Waals surface area contributed by atoms with Gasteiger partial charge in [0.25, 0.3) is 0 Å². The minimum absolute atomic E-state index is 0.00323. The van der Waals surface area contributed by atoms with Gasteiger partial charge in [-0.2, -0.15) is 5.10 Å². The van der Waals surface area contributed by atoms with Gasteiger partial charge >= 0.3 is 0 Å². The zero-order valence-corrected chi connectivity index (χ0v) is 17.6. The molecule has 0 aliphatic carbocycles. The van der Waals surface area contributed by atoms with Crippen molar-refractivity contribution in [1.29, 1.82) is 0 Å². The predicted molar refractivity (Wildman–Crippen MR) is 118 cm³/mol. The molecule has 0 saturated carbocycles. The van der Waals surface area contributed by atoms with Crippen LogP contribution in [0.15, 0.2) is 35.4 Å². The van der Waals surface area contributed by atoms with Gasteiger partial charge in [-0.1, -0.05) is 29.3 Å². The van der Waals surface area contributed by atoms with Crippen molar-refractivity contribution >= 4 is 52.4 Å². The fourth-order valence-corrected chi connectivity index (χ4v) is 3.49. The number of thiocarbonyl (C=S) groups is 1. The number of rotatable bonds is 6. The molecule has 0 radical (unpaired) electrons. The fraction of sp³-hybridized carbons (Fsp3) is 0.263. The van der Waals surface area contributed by atoms with Gasteiger partial charge in [0.05, 0.1) is 21.9 Å². The summed E-state index contributed by atoms with van der Waals surface area (Å²) in [5, 5.41) is 8.03. The lowest BCUT2D eigenvalue weighted by Gasteiger charge is -2.20. The van der Waals surface area contributed by atoms with Gasteiger partial charge in [0.1, 0.15) is 11.6 Å². The standard InChI is InChI=1S/C19H19Cl2F2N5S/c20-14-2-1-11(5-15(14)21)8-25-13-3-4-28(10-13)18-7-16(22)12(6-17(18)23)9-26-27-19(24)29/h1-2,5-7,9,13,25H,3-4,8,10H2,(H3,24,27,29)/t13-/m0/s1. The van der Waals surface area contributed by atoms with E-state index < -0.39 is 11.6 Å². The molecule has 1 saturated heterocycles. The second-order valence-corrected chi connectivity index (χ2v) is 7.87. The highest BCUT2D eigenvalue weighted by Crippen LogP contribution is 2.27. The van der Waals surface area contributed by atoms with Crippen molar-refractivity contribution < 1.29 is 8.78 Å². The Kier molecular flexibility index (Phi) is 7.23. The zero-order chi connectivity index (χ0) is 21.0. The Morgan fingerprint density at radius 2 is 2.03 bits per heavy atom. The second-order valence-electron chi connectivity index (χ2n) is 6.62. The molecule has 1 fully saturated rings. The number of nitrogens with two attached hydrogens (primary N) is 1. The molecule has 1 atom stereocenters. The van der Waals surface area contributed by atoms with Gasteiger partial charge in [-0.15, -0.1) is 0 Å². The van der Waals surface area contributed by atoms with E-state index in [1.54, 1.807) is 6.07 Å². The van der Waals surface area contributed by atoms with Crippen LogP contribution in [0.4, 0.5) is 14.5 Å². The Balaban J connectivity index is 1.61. The van der Waals surface area contributed by atoms with E-state index in [0.29, 0.717) is 29.7 Å². The molecule has 154 valence electrons. The third kappa shape index (κ3) is 5.76. The first kappa shape index (κ1) is 21.7. The van der Waals surface area contributed by atoms with Crippen LogP contribution in [-0.2, 0) is 6.54 Å². The van der Waals surface area contributed by atoms with Crippen LogP contribution in [0, 0.1) is 11.6 Å². The van der Waals surface area contributed by atoms with Crippen molar-refractivity contribution in [3.63, 3.8) is 0 Å². The van der Waals surface area contributed by atoms with Crippen molar-refractivity contribution in [1.82, 2.24) is 10.7 Å². The average molecular weight is 458 g/mol. The summed E-state index contributed by atoms with van der Waals surface area (Å²) in [6.45, 7) is 1.79. The molecule has 29 heavy (non-hydrogen) atoms. The Hall–Kier alpha value is -2.00. The van der Waals surface area contributed by atoms with Gasteiger partial charge in [0, 0.05) is 37.3 Å². The molecule has 0 bridgehead atoms. The molecule has 0 spiro atoms. The molecule has 5 nitrogen and oxygen atoms in total. The van der Waals surface area contributed by atoms with E-state index in [1.165, 1.54) is 6.07 Å². The molecule has 10 heteroatoms. The summed E-state index contributed by atoms with van der Waals surface area (Å²) in [6.07, 6.45) is 1.94. The van der Waals surface area contributed by atoms with Crippen molar-refractivity contribution in [2.75, 3.05) is 18.0 Å². The molecule has 3 rings (SSSR count). The van der Waals surface area contributed by atoms with Crippen LogP contribution < -0.4 is 21.4 Å². The summed E-state index contributed by atoms with van der Waals surface area (Å²) < 4.78 is 28.9. The van der Waals surface area contributed by atoms with Gasteiger partial charge < -0.3 is 16.0 Å². The van der Waals surface area contributed by atoms with E-state index in [1.807, 2.05) is 17.0 Å². The maximum Gasteiger partial charge on any atom is 0.184 e. The summed E-state index contributed by atoms with van der Waals surface area (Å²) in [5.41, 5.74) is 8.77. The highest BCUT2D eigenvalue weighted by molar-refractivity contribution is 7.80. The lowest BCUT2D eigenvalue weighted by atomic mass is 10.2. The van der Waals surface area contributed by atoms with E-state index in [0.717, 1.165) is 24.3 Å². The number of nitrogens with zero attached hydrogens (tertiary/aromatic N) is 2. The van der Waals surface area contributed by atoms with E-state index >= 15 is 0 Å². The summed E-state index contributed by atoms with van der Waals surface area (Å²) in [5.74, 6) is -1.10. The quantitative estimate of drug-likeness (QED) is 0.349. The Bertz CT molecular complexity index is 941. The van der Waals surface area contributed by atoms with Crippen LogP contribution >= 0.6 is 35.4 Å². The first-order valence-corrected chi connectivity index (χ1v) is 9.99. The Labute approximate surface area is 182 Å². The van der Waals surface area contributed by atoms with Gasteiger partial charge in [-0.3, -0.25) is 5.43 Å². The molecule has 0 aromatic heterocycles. The van der Waals surface area contributed by atoms with Crippen molar-refractivity contribution in [2.24, 2.45) is 10.8 Å². The van der Waals surface area contributed by atoms with Crippen LogP contribution in [-0.4, -0.2) is 30.5 Å². The molecule has 2 aromatic rings. The molecule has 1 heterocycles. The SMILES string of the molecule is NC(=S)NN=Cc1cc(F)c(N2CC[C@H](NCc3ccc(Cl)c(Cl)c3)C2)cc1F. The Morgan fingerprint density at radius 1 is 1.24 bits per heavy atom. The third-order valence-electron chi connectivity index (χ3n) is 4.55. The summed E-state index contributed by atoms with van der Waals surface area (Å²) >= 11 is 16.6. The number of benzene rings is 2. The van der Waals surface area contributed by atoms with Crippen molar-refractivity contribution in [3.05, 3.63) is 63.1 Å². The molecule has 4 N–H and O–H groups in total. The smallest absolute Gasteiger partial charge is 0.184 e. The highest BCUT2D eigenvalue weighted by Gasteiger charge is 2.25. The normalized spacial score (nSPS) is 16.6. The summed E-state index contributed by atoms with van der Waals surface area (Å²) in [6, 6.07) is 7.88. The van der Waals surface area contributed by atoms with E-state index in [4.69, 9.17) is 28.9 Å². The first-order valence-electron chi connectivity index (χ1n) is 8.83. The number of hydrazone groups is 1. The topological polar surface area (TPSA) is 65.7 Å². The van der Waals surface area contributed by atoms with Gasteiger partial charge in [0.2, 0.25) is 0 Å². The number of nitrogens with one attached hydrogen (secondary N) is 2. The van der Waals surface area contributed by atoms with Crippen molar-refractivity contribution in [2.45, 2.75) is 19.0 Å². The average Bonchev–Trinajstić information content (AvgIpc) is 3.13. The predicted octanol–water partition coefficient (Wildman–Crippen LogP) is 3.81. The van der Waals surface area contributed by atoms with Crippen LogP contribution in [0.5, 0.6) is 0 Å². The summed E-state index contributed by atoms with van der Waals surface area (Å²) in [4.78, 5) is 1.82. The molecular weight excluding hydrogens is 439 g/mol. The van der Waals surface area contributed by atoms with E-state index in [2.05, 4.69) is 28.1 Å². The molecule has 1 aliphatic heterocycles. The minimum atomic E-state index is -0.581. The van der Waals surface area contributed by atoms with Crippen molar-refractivity contribution in [3.8, 4) is 0 Å². The van der Waals surface area contributed by atoms with E-state index in [9.17, 15) is 8.78 Å². The van der Waals surface area contributed by atoms with Gasteiger partial charge in [0.15, 0.2) is 5.11 Å². The zero-order valence-electron chi connectivity index (χ0n) is 15.3. The third-order valence-corrected chi connectivity index (χ3v) is 5.38. The fourth-order valence-electron chi connectivity index (χ4n) is 3.12. The first-order chi connectivity index (χ1) is 13.8. The second kappa shape index (κ2) is 9.67. The number of halogens is 4. The van der Waals surface area contributed by atoms with Crippen LogP contribution in [0.2, 0.25) is 10.0 Å². The number of hydrogen-bond donors (Lipinski definition) is 3. The lowest BCUT2D eigenvalue weighted by molar-refractivity contribution is 0.550. The van der Waals surface area contributed by atoms with Crippen LogP contribution in [0.3, 0.4) is 0 Å². The largest absolute Gasteiger partial charge is 0.375 e. The highest BCUT2D eigenvalue weighted by atomic mass is 35.5. The van der Waals surface area contributed by atoms with Gasteiger partial charge in [-0.05, 0) is 42.4 Å². The minimum Gasteiger partial charge on any atom is -0.375 e. The maximum absolute atomic E-state index is 14.5. The Morgan fingerprint density at radius 3 is 2.76 bits per heavy atom. The van der Waals surface area contributed by atoms with Gasteiger partial charge in [-0.25, -0.2) is 8.78 Å². The molecule has 1 aliphatic rings. The summed E-state index contributed by atoms with van der Waals surface area (Å²) in [7, 11) is 0. The number of hydrogen-bond acceptors (Lipinski definition) is 4.